The third kappa shape index (κ3) is 4.41. The molecule has 1 aromatic carbocycles. The zero-order chi connectivity index (χ0) is 15.1. The van der Waals surface area contributed by atoms with Crippen molar-refractivity contribution in [2.24, 2.45) is 0 Å². The van der Waals surface area contributed by atoms with Gasteiger partial charge in [-0.25, -0.2) is 4.39 Å². The van der Waals surface area contributed by atoms with Crippen LogP contribution in [0.1, 0.15) is 25.3 Å². The first-order valence-electron chi connectivity index (χ1n) is 7.52. The minimum atomic E-state index is -0.599. The van der Waals surface area contributed by atoms with Gasteiger partial charge in [0, 0.05) is 26.3 Å². The summed E-state index contributed by atoms with van der Waals surface area (Å²) in [7, 11) is 0. The Kier molecular flexibility index (Phi) is 7.79. The molecular formula is C16H24ClFN2O2. The van der Waals surface area contributed by atoms with Crippen molar-refractivity contribution in [2.45, 2.75) is 25.2 Å². The molecule has 0 radical (unpaired) electrons. The Morgan fingerprint density at radius 3 is 2.45 bits per heavy atom. The van der Waals surface area contributed by atoms with E-state index in [-0.39, 0.29) is 24.1 Å². The van der Waals surface area contributed by atoms with Crippen LogP contribution in [0, 0.1) is 5.82 Å². The van der Waals surface area contributed by atoms with Crippen molar-refractivity contribution in [3.63, 3.8) is 0 Å². The molecule has 0 bridgehead atoms. The van der Waals surface area contributed by atoms with Gasteiger partial charge in [-0.3, -0.25) is 4.79 Å². The molecule has 6 heteroatoms. The molecule has 1 aromatic rings. The van der Waals surface area contributed by atoms with Crippen LogP contribution in [-0.4, -0.2) is 38.8 Å². The molecule has 1 aliphatic rings. The van der Waals surface area contributed by atoms with Crippen LogP contribution in [0.2, 0.25) is 0 Å². The van der Waals surface area contributed by atoms with Crippen LogP contribution in [0.25, 0.3) is 0 Å². The molecule has 1 fully saturated rings. The van der Waals surface area contributed by atoms with Crippen molar-refractivity contribution < 1.29 is 13.9 Å². The number of benzene rings is 1. The number of carbonyl (C=O) groups excluding carboxylic acids is 1. The molecule has 0 spiro atoms. The second-order valence-corrected chi connectivity index (χ2v) is 5.31. The fourth-order valence-corrected chi connectivity index (χ4v) is 2.75. The zero-order valence-electron chi connectivity index (χ0n) is 12.9. The molecule has 1 saturated heterocycles. The molecule has 1 amide bonds. The Bertz CT molecular complexity index is 462. The number of ether oxygens (including phenoxy) is 1. The van der Waals surface area contributed by atoms with E-state index >= 15 is 0 Å². The molecular weight excluding hydrogens is 307 g/mol. The molecule has 22 heavy (non-hydrogen) atoms. The Labute approximate surface area is 137 Å². The average molecular weight is 331 g/mol. The minimum absolute atomic E-state index is 0. The van der Waals surface area contributed by atoms with E-state index in [0.717, 1.165) is 18.7 Å². The van der Waals surface area contributed by atoms with Gasteiger partial charge >= 0.3 is 0 Å². The number of halogens is 2. The summed E-state index contributed by atoms with van der Waals surface area (Å²) < 4.78 is 18.5. The molecule has 1 heterocycles. The van der Waals surface area contributed by atoms with Crippen LogP contribution in [0.3, 0.4) is 0 Å². The predicted octanol–water partition coefficient (Wildman–Crippen LogP) is 2.02. The normalized spacial score (nSPS) is 16.6. The first kappa shape index (κ1) is 18.9. The standard InChI is InChI=1S/C16H23FN2O2.ClH/c1-2-18-9-10-19-15(20)16(7-11-21-12-8-16)13-3-5-14(17)6-4-13;/h3-6,18H,2,7-12H2,1H3,(H,19,20);1H. The van der Waals surface area contributed by atoms with E-state index in [9.17, 15) is 9.18 Å². The number of carbonyl (C=O) groups is 1. The smallest absolute Gasteiger partial charge is 0.230 e. The molecule has 0 saturated carbocycles. The average Bonchev–Trinajstić information content (AvgIpc) is 2.52. The highest BCUT2D eigenvalue weighted by Gasteiger charge is 2.41. The SMILES string of the molecule is CCNCCNC(=O)C1(c2ccc(F)cc2)CCOCC1.Cl. The summed E-state index contributed by atoms with van der Waals surface area (Å²) in [6, 6.07) is 6.26. The Morgan fingerprint density at radius 1 is 1.23 bits per heavy atom. The van der Waals surface area contributed by atoms with Gasteiger partial charge in [0.2, 0.25) is 5.91 Å². The van der Waals surface area contributed by atoms with Crippen LogP contribution in [-0.2, 0) is 14.9 Å². The van der Waals surface area contributed by atoms with Crippen LogP contribution in [0.4, 0.5) is 4.39 Å². The van der Waals surface area contributed by atoms with E-state index in [4.69, 9.17) is 4.74 Å². The second kappa shape index (κ2) is 9.08. The van der Waals surface area contributed by atoms with E-state index in [1.54, 1.807) is 12.1 Å². The lowest BCUT2D eigenvalue weighted by molar-refractivity contribution is -0.130. The van der Waals surface area contributed by atoms with Crippen LogP contribution in [0.15, 0.2) is 24.3 Å². The quantitative estimate of drug-likeness (QED) is 0.785. The van der Waals surface area contributed by atoms with Crippen molar-refractivity contribution >= 4 is 18.3 Å². The van der Waals surface area contributed by atoms with Crippen LogP contribution < -0.4 is 10.6 Å². The lowest BCUT2D eigenvalue weighted by atomic mass is 9.73. The van der Waals surface area contributed by atoms with E-state index in [0.29, 0.717) is 32.6 Å². The summed E-state index contributed by atoms with van der Waals surface area (Å²) in [4.78, 5) is 12.7. The van der Waals surface area contributed by atoms with Crippen molar-refractivity contribution in [3.8, 4) is 0 Å². The van der Waals surface area contributed by atoms with E-state index in [1.807, 2.05) is 6.92 Å². The highest BCUT2D eigenvalue weighted by molar-refractivity contribution is 5.88. The highest BCUT2D eigenvalue weighted by Crippen LogP contribution is 2.35. The summed E-state index contributed by atoms with van der Waals surface area (Å²) in [6.45, 7) is 5.36. The Balaban J connectivity index is 0.00000242. The third-order valence-electron chi connectivity index (χ3n) is 4.02. The van der Waals surface area contributed by atoms with Gasteiger partial charge in [-0.15, -0.1) is 12.4 Å². The van der Waals surface area contributed by atoms with Crippen LogP contribution >= 0.6 is 12.4 Å². The maximum atomic E-state index is 13.1. The summed E-state index contributed by atoms with van der Waals surface area (Å²) in [6.07, 6.45) is 1.26. The van der Waals surface area contributed by atoms with Gasteiger partial charge in [-0.1, -0.05) is 19.1 Å². The van der Waals surface area contributed by atoms with Gasteiger partial charge in [0.1, 0.15) is 5.82 Å². The molecule has 2 N–H and O–H groups in total. The van der Waals surface area contributed by atoms with Crippen molar-refractivity contribution in [2.75, 3.05) is 32.8 Å². The van der Waals surface area contributed by atoms with Crippen molar-refractivity contribution in [1.82, 2.24) is 10.6 Å². The summed E-state index contributed by atoms with van der Waals surface area (Å²) in [5.74, 6) is -0.274. The van der Waals surface area contributed by atoms with Gasteiger partial charge in [0.05, 0.1) is 5.41 Å². The highest BCUT2D eigenvalue weighted by atomic mass is 35.5. The molecule has 1 aliphatic heterocycles. The zero-order valence-corrected chi connectivity index (χ0v) is 13.7. The predicted molar refractivity (Wildman–Crippen MR) is 86.9 cm³/mol. The first-order chi connectivity index (χ1) is 10.2. The lowest BCUT2D eigenvalue weighted by Gasteiger charge is -2.36. The molecule has 2 rings (SSSR count). The summed E-state index contributed by atoms with van der Waals surface area (Å²) >= 11 is 0. The van der Waals surface area contributed by atoms with E-state index in [1.165, 1.54) is 12.1 Å². The number of hydrogen-bond acceptors (Lipinski definition) is 3. The monoisotopic (exact) mass is 330 g/mol. The number of hydrogen-bond donors (Lipinski definition) is 2. The maximum absolute atomic E-state index is 13.1. The lowest BCUT2D eigenvalue weighted by Crippen LogP contribution is -2.49. The van der Waals surface area contributed by atoms with E-state index in [2.05, 4.69) is 10.6 Å². The van der Waals surface area contributed by atoms with Gasteiger partial charge in [-0.05, 0) is 37.1 Å². The topological polar surface area (TPSA) is 50.4 Å². The largest absolute Gasteiger partial charge is 0.381 e. The third-order valence-corrected chi connectivity index (χ3v) is 4.02. The van der Waals surface area contributed by atoms with Gasteiger partial charge in [0.25, 0.3) is 0 Å². The fourth-order valence-electron chi connectivity index (χ4n) is 2.75. The number of nitrogens with one attached hydrogen (secondary N) is 2. The second-order valence-electron chi connectivity index (χ2n) is 5.31. The number of rotatable bonds is 6. The molecule has 0 atom stereocenters. The number of amides is 1. The minimum Gasteiger partial charge on any atom is -0.381 e. The van der Waals surface area contributed by atoms with Crippen LogP contribution in [0.5, 0.6) is 0 Å². The molecule has 124 valence electrons. The maximum Gasteiger partial charge on any atom is 0.230 e. The Morgan fingerprint density at radius 2 is 1.86 bits per heavy atom. The molecule has 4 nitrogen and oxygen atoms in total. The van der Waals surface area contributed by atoms with Gasteiger partial charge in [-0.2, -0.15) is 0 Å². The van der Waals surface area contributed by atoms with Crippen molar-refractivity contribution in [3.05, 3.63) is 35.6 Å². The fraction of sp³-hybridized carbons (Fsp3) is 0.562. The first-order valence-corrected chi connectivity index (χ1v) is 7.52. The molecule has 0 aromatic heterocycles. The molecule has 0 aliphatic carbocycles. The van der Waals surface area contributed by atoms with Crippen molar-refractivity contribution in [1.29, 1.82) is 0 Å². The van der Waals surface area contributed by atoms with Gasteiger partial charge in [0.15, 0.2) is 0 Å². The number of likely N-dealkylation sites (N-methyl/N-ethyl adjacent to an activating group) is 1. The molecule has 0 unspecified atom stereocenters. The van der Waals surface area contributed by atoms with E-state index < -0.39 is 5.41 Å². The summed E-state index contributed by atoms with van der Waals surface area (Å²) in [5.41, 5.74) is 0.270. The Hall–Kier alpha value is -1.17. The van der Waals surface area contributed by atoms with Gasteiger partial charge < -0.3 is 15.4 Å². The summed E-state index contributed by atoms with van der Waals surface area (Å²) in [5, 5.41) is 6.17.